The summed E-state index contributed by atoms with van der Waals surface area (Å²) >= 11 is 0. The second-order valence-corrected chi connectivity index (χ2v) is 4.80. The molecule has 0 atom stereocenters. The van der Waals surface area contributed by atoms with Gasteiger partial charge >= 0.3 is 0 Å². The zero-order valence-electron chi connectivity index (χ0n) is 10.9. The minimum Gasteiger partial charge on any atom is -0.289 e. The first-order chi connectivity index (χ1) is 9.56. The van der Waals surface area contributed by atoms with Crippen molar-refractivity contribution in [1.82, 2.24) is 9.78 Å². The molecule has 0 aliphatic heterocycles. The Morgan fingerprint density at radius 3 is 2.80 bits per heavy atom. The van der Waals surface area contributed by atoms with Crippen molar-refractivity contribution in [3.63, 3.8) is 0 Å². The standard InChI is InChI=1S/C15H12F2N2O/c1-19-14-5-3-10(15(20)11(14)8-18-19)6-9-2-4-12(16)13(17)7-9/h2,4,6-8H,3,5H2,1H3/b10-6-. The minimum atomic E-state index is -0.912. The van der Waals surface area contributed by atoms with Crippen LogP contribution < -0.4 is 0 Å². The van der Waals surface area contributed by atoms with Gasteiger partial charge in [-0.2, -0.15) is 5.10 Å². The number of hydrogen-bond acceptors (Lipinski definition) is 2. The molecule has 0 N–H and O–H groups in total. The van der Waals surface area contributed by atoms with E-state index in [0.717, 1.165) is 17.8 Å². The van der Waals surface area contributed by atoms with E-state index in [4.69, 9.17) is 0 Å². The average molecular weight is 274 g/mol. The number of carbonyl (C=O) groups is 1. The van der Waals surface area contributed by atoms with E-state index in [0.29, 0.717) is 29.5 Å². The third-order valence-corrected chi connectivity index (χ3v) is 3.51. The second-order valence-electron chi connectivity index (χ2n) is 4.80. The molecule has 1 aliphatic rings. The number of fused-ring (bicyclic) bond motifs is 1. The Morgan fingerprint density at radius 1 is 1.25 bits per heavy atom. The van der Waals surface area contributed by atoms with Crippen LogP contribution in [-0.2, 0) is 13.5 Å². The lowest BCUT2D eigenvalue weighted by molar-refractivity contribution is 0.102. The predicted octanol–water partition coefficient (Wildman–Crippen LogP) is 2.91. The summed E-state index contributed by atoms with van der Waals surface area (Å²) in [5, 5.41) is 4.07. The molecular weight excluding hydrogens is 262 g/mol. The first-order valence-corrected chi connectivity index (χ1v) is 6.27. The van der Waals surface area contributed by atoms with Gasteiger partial charge in [-0.1, -0.05) is 6.07 Å². The van der Waals surface area contributed by atoms with Crippen molar-refractivity contribution in [2.24, 2.45) is 7.05 Å². The van der Waals surface area contributed by atoms with Crippen LogP contribution in [0.5, 0.6) is 0 Å². The SMILES string of the molecule is Cn1ncc2c1CC/C(=C/c1ccc(F)c(F)c1)C2=O. The quantitative estimate of drug-likeness (QED) is 0.749. The number of ketones is 1. The Bertz CT molecular complexity index is 731. The van der Waals surface area contributed by atoms with E-state index in [1.807, 2.05) is 0 Å². The lowest BCUT2D eigenvalue weighted by atomic mass is 9.90. The van der Waals surface area contributed by atoms with Gasteiger partial charge in [0.1, 0.15) is 0 Å². The molecule has 3 rings (SSSR count). The summed E-state index contributed by atoms with van der Waals surface area (Å²) in [6.07, 6.45) is 4.45. The maximum absolute atomic E-state index is 13.2. The summed E-state index contributed by atoms with van der Waals surface area (Å²) in [7, 11) is 1.80. The highest BCUT2D eigenvalue weighted by molar-refractivity contribution is 6.12. The van der Waals surface area contributed by atoms with Gasteiger partial charge in [0, 0.05) is 18.3 Å². The molecule has 1 aliphatic carbocycles. The third-order valence-electron chi connectivity index (χ3n) is 3.51. The minimum absolute atomic E-state index is 0.0934. The smallest absolute Gasteiger partial charge is 0.192 e. The van der Waals surface area contributed by atoms with E-state index in [9.17, 15) is 13.6 Å². The number of nitrogens with zero attached hydrogens (tertiary/aromatic N) is 2. The summed E-state index contributed by atoms with van der Waals surface area (Å²) in [4.78, 5) is 12.3. The van der Waals surface area contributed by atoms with Gasteiger partial charge in [-0.15, -0.1) is 0 Å². The highest BCUT2D eigenvalue weighted by atomic mass is 19.2. The Labute approximate surface area is 114 Å². The van der Waals surface area contributed by atoms with Crippen molar-refractivity contribution in [3.05, 3.63) is 58.4 Å². The highest BCUT2D eigenvalue weighted by Crippen LogP contribution is 2.26. The van der Waals surface area contributed by atoms with E-state index < -0.39 is 11.6 Å². The molecule has 0 amide bonds. The number of halogens is 2. The van der Waals surface area contributed by atoms with Gasteiger partial charge in [0.05, 0.1) is 11.8 Å². The molecule has 102 valence electrons. The molecule has 0 unspecified atom stereocenters. The number of carbonyl (C=O) groups excluding carboxylic acids is 1. The summed E-state index contributed by atoms with van der Waals surface area (Å²) in [5.41, 5.74) is 2.58. The van der Waals surface area contributed by atoms with Crippen LogP contribution in [0.1, 0.15) is 28.0 Å². The Morgan fingerprint density at radius 2 is 2.05 bits per heavy atom. The van der Waals surface area contributed by atoms with Gasteiger partial charge in [-0.3, -0.25) is 9.48 Å². The number of benzene rings is 1. The first-order valence-electron chi connectivity index (χ1n) is 6.27. The molecule has 5 heteroatoms. The molecule has 0 saturated carbocycles. The van der Waals surface area contributed by atoms with Crippen molar-refractivity contribution in [1.29, 1.82) is 0 Å². The maximum atomic E-state index is 13.2. The summed E-state index contributed by atoms with van der Waals surface area (Å²) in [6, 6.07) is 3.61. The molecule has 1 heterocycles. The second kappa shape index (κ2) is 4.67. The van der Waals surface area contributed by atoms with Crippen LogP contribution >= 0.6 is 0 Å². The fourth-order valence-electron chi connectivity index (χ4n) is 2.43. The zero-order valence-corrected chi connectivity index (χ0v) is 10.9. The number of aryl methyl sites for hydroxylation is 1. The first kappa shape index (κ1) is 12.7. The molecular formula is C15H12F2N2O. The normalized spacial score (nSPS) is 16.6. The van der Waals surface area contributed by atoms with E-state index in [-0.39, 0.29) is 5.78 Å². The van der Waals surface area contributed by atoms with E-state index in [2.05, 4.69) is 5.10 Å². The summed E-state index contributed by atoms with van der Waals surface area (Å²) in [5.74, 6) is -1.90. The molecule has 0 radical (unpaired) electrons. The number of hydrogen-bond donors (Lipinski definition) is 0. The highest BCUT2D eigenvalue weighted by Gasteiger charge is 2.24. The van der Waals surface area contributed by atoms with Crippen molar-refractivity contribution >= 4 is 11.9 Å². The lowest BCUT2D eigenvalue weighted by Gasteiger charge is -2.14. The Hall–Kier alpha value is -2.30. The largest absolute Gasteiger partial charge is 0.289 e. The molecule has 3 nitrogen and oxygen atoms in total. The molecule has 1 aromatic carbocycles. The van der Waals surface area contributed by atoms with Crippen LogP contribution in [0, 0.1) is 11.6 Å². The number of allylic oxidation sites excluding steroid dienone is 1. The third kappa shape index (κ3) is 2.05. The topological polar surface area (TPSA) is 34.9 Å². The van der Waals surface area contributed by atoms with Crippen LogP contribution in [-0.4, -0.2) is 15.6 Å². The van der Waals surface area contributed by atoms with Gasteiger partial charge in [-0.05, 0) is 36.6 Å². The number of aromatic nitrogens is 2. The molecule has 2 aromatic rings. The molecule has 1 aromatic heterocycles. The van der Waals surface area contributed by atoms with Gasteiger partial charge in [0.15, 0.2) is 17.4 Å². The number of rotatable bonds is 1. The Kier molecular flexibility index (Phi) is 2.97. The summed E-state index contributed by atoms with van der Waals surface area (Å²) in [6.45, 7) is 0. The van der Waals surface area contributed by atoms with E-state index in [1.165, 1.54) is 6.07 Å². The van der Waals surface area contributed by atoms with Crippen LogP contribution in [0.25, 0.3) is 6.08 Å². The molecule has 0 bridgehead atoms. The summed E-state index contributed by atoms with van der Waals surface area (Å²) < 4.78 is 27.7. The van der Waals surface area contributed by atoms with Crippen molar-refractivity contribution in [3.8, 4) is 0 Å². The monoisotopic (exact) mass is 274 g/mol. The van der Waals surface area contributed by atoms with Gasteiger partial charge in [0.2, 0.25) is 0 Å². The van der Waals surface area contributed by atoms with Crippen molar-refractivity contribution in [2.45, 2.75) is 12.8 Å². The number of Topliss-reactive ketones (excluding diaryl/α,β-unsaturated/α-hetero) is 1. The Balaban J connectivity index is 1.97. The van der Waals surface area contributed by atoms with Crippen LogP contribution in [0.2, 0.25) is 0 Å². The van der Waals surface area contributed by atoms with Crippen LogP contribution in [0.3, 0.4) is 0 Å². The molecule has 0 fully saturated rings. The van der Waals surface area contributed by atoms with E-state index in [1.54, 1.807) is 24.0 Å². The molecule has 0 spiro atoms. The zero-order chi connectivity index (χ0) is 14.3. The fourth-order valence-corrected chi connectivity index (χ4v) is 2.43. The maximum Gasteiger partial charge on any atom is 0.192 e. The van der Waals surface area contributed by atoms with Gasteiger partial charge in [0.25, 0.3) is 0 Å². The molecule has 20 heavy (non-hydrogen) atoms. The van der Waals surface area contributed by atoms with Gasteiger partial charge in [-0.25, -0.2) is 8.78 Å². The van der Waals surface area contributed by atoms with Crippen LogP contribution in [0.4, 0.5) is 8.78 Å². The predicted molar refractivity (Wildman–Crippen MR) is 70.2 cm³/mol. The fraction of sp³-hybridized carbons (Fsp3) is 0.200. The average Bonchev–Trinajstić information content (AvgIpc) is 2.80. The van der Waals surface area contributed by atoms with Crippen LogP contribution in [0.15, 0.2) is 30.0 Å². The van der Waals surface area contributed by atoms with Gasteiger partial charge < -0.3 is 0 Å². The lowest BCUT2D eigenvalue weighted by Crippen LogP contribution is -2.15. The van der Waals surface area contributed by atoms with Crippen molar-refractivity contribution in [2.75, 3.05) is 0 Å². The van der Waals surface area contributed by atoms with Crippen molar-refractivity contribution < 1.29 is 13.6 Å². The van der Waals surface area contributed by atoms with E-state index >= 15 is 0 Å². The molecule has 0 saturated heterocycles.